The predicted molar refractivity (Wildman–Crippen MR) is 116 cm³/mol. The molecule has 0 unspecified atom stereocenters. The standard InChI is InChI=1S/C23H26N2O3S/c1-4-25(5-2)21(26)16-28-22(27)23(3,17-11-7-6-8-12-17)15-20-24-18-13-9-10-14-19(18)29-20/h6-14H,4-5,15-16H2,1-3H3/t23-/m1/s1. The van der Waals surface area contributed by atoms with E-state index in [2.05, 4.69) is 0 Å². The lowest BCUT2D eigenvalue weighted by Crippen LogP contribution is -2.40. The largest absolute Gasteiger partial charge is 0.455 e. The third-order valence-electron chi connectivity index (χ3n) is 5.15. The van der Waals surface area contributed by atoms with Gasteiger partial charge in [0.15, 0.2) is 6.61 Å². The van der Waals surface area contributed by atoms with Crippen LogP contribution in [0.1, 0.15) is 31.3 Å². The number of amides is 1. The van der Waals surface area contributed by atoms with Crippen molar-refractivity contribution in [1.82, 2.24) is 9.88 Å². The first-order chi connectivity index (χ1) is 14.0. The Morgan fingerprint density at radius 3 is 2.34 bits per heavy atom. The molecule has 0 aliphatic rings. The molecule has 2 aromatic carbocycles. The van der Waals surface area contributed by atoms with Crippen LogP contribution in [0.5, 0.6) is 0 Å². The van der Waals surface area contributed by atoms with Gasteiger partial charge in [-0.05, 0) is 38.5 Å². The fraction of sp³-hybridized carbons (Fsp3) is 0.348. The van der Waals surface area contributed by atoms with Crippen LogP contribution in [0.2, 0.25) is 0 Å². The second-order valence-corrected chi connectivity index (χ2v) is 8.21. The maximum absolute atomic E-state index is 13.2. The summed E-state index contributed by atoms with van der Waals surface area (Å²) in [7, 11) is 0. The lowest BCUT2D eigenvalue weighted by atomic mass is 9.79. The minimum absolute atomic E-state index is 0.182. The van der Waals surface area contributed by atoms with Gasteiger partial charge in [0.2, 0.25) is 0 Å². The second-order valence-electron chi connectivity index (χ2n) is 7.09. The van der Waals surface area contributed by atoms with E-state index in [0.29, 0.717) is 19.5 Å². The maximum atomic E-state index is 13.2. The summed E-state index contributed by atoms with van der Waals surface area (Å²) in [4.78, 5) is 31.8. The van der Waals surface area contributed by atoms with Gasteiger partial charge in [0.1, 0.15) is 0 Å². The number of nitrogens with zero attached hydrogens (tertiary/aromatic N) is 2. The van der Waals surface area contributed by atoms with Crippen LogP contribution in [0.4, 0.5) is 0 Å². The lowest BCUT2D eigenvalue weighted by Gasteiger charge is -2.27. The third-order valence-corrected chi connectivity index (χ3v) is 6.18. The Kier molecular flexibility index (Phi) is 6.64. The topological polar surface area (TPSA) is 59.5 Å². The Bertz CT molecular complexity index is 949. The predicted octanol–water partition coefficient (Wildman–Crippen LogP) is 4.21. The number of aromatic nitrogens is 1. The summed E-state index contributed by atoms with van der Waals surface area (Å²) in [6.07, 6.45) is 0.411. The molecule has 6 heteroatoms. The number of carbonyl (C=O) groups excluding carboxylic acids is 2. The quantitative estimate of drug-likeness (QED) is 0.522. The Hall–Kier alpha value is -2.73. The van der Waals surface area contributed by atoms with E-state index in [-0.39, 0.29) is 12.5 Å². The van der Waals surface area contributed by atoms with Crippen LogP contribution in [-0.4, -0.2) is 41.5 Å². The van der Waals surface area contributed by atoms with Crippen molar-refractivity contribution in [2.75, 3.05) is 19.7 Å². The average molecular weight is 411 g/mol. The first kappa shape index (κ1) is 21.0. The highest BCUT2D eigenvalue weighted by atomic mass is 32.1. The number of benzene rings is 2. The smallest absolute Gasteiger partial charge is 0.317 e. The van der Waals surface area contributed by atoms with E-state index in [1.807, 2.05) is 75.4 Å². The SMILES string of the molecule is CCN(CC)C(=O)COC(=O)[C@](C)(Cc1nc2ccccc2s1)c1ccccc1. The molecule has 0 aliphatic heterocycles. The summed E-state index contributed by atoms with van der Waals surface area (Å²) >= 11 is 1.58. The number of fused-ring (bicyclic) bond motifs is 1. The summed E-state index contributed by atoms with van der Waals surface area (Å²) in [6.45, 7) is 6.61. The van der Waals surface area contributed by atoms with Gasteiger partial charge in [0.25, 0.3) is 5.91 Å². The summed E-state index contributed by atoms with van der Waals surface area (Å²) in [5.41, 5.74) is 0.839. The Morgan fingerprint density at radius 1 is 1.03 bits per heavy atom. The van der Waals surface area contributed by atoms with Crippen LogP contribution in [0.15, 0.2) is 54.6 Å². The number of likely N-dealkylation sites (N-methyl/N-ethyl adjacent to an activating group) is 1. The number of carbonyl (C=O) groups is 2. The van der Waals surface area contributed by atoms with Crippen LogP contribution in [-0.2, 0) is 26.2 Å². The van der Waals surface area contributed by atoms with Crippen molar-refractivity contribution in [1.29, 1.82) is 0 Å². The van der Waals surface area contributed by atoms with Crippen molar-refractivity contribution in [3.05, 3.63) is 65.2 Å². The molecular formula is C23H26N2O3S. The molecule has 0 saturated carbocycles. The molecule has 0 spiro atoms. The van der Waals surface area contributed by atoms with Gasteiger partial charge in [-0.15, -0.1) is 11.3 Å². The van der Waals surface area contributed by atoms with Crippen molar-refractivity contribution in [3.8, 4) is 0 Å². The van der Waals surface area contributed by atoms with Gasteiger partial charge in [-0.1, -0.05) is 42.5 Å². The van der Waals surface area contributed by atoms with Crippen molar-refractivity contribution >= 4 is 33.4 Å². The molecule has 5 nitrogen and oxygen atoms in total. The highest BCUT2D eigenvalue weighted by molar-refractivity contribution is 7.18. The van der Waals surface area contributed by atoms with E-state index in [1.54, 1.807) is 16.2 Å². The van der Waals surface area contributed by atoms with Gasteiger partial charge in [-0.3, -0.25) is 9.59 Å². The Balaban J connectivity index is 1.85. The second kappa shape index (κ2) is 9.18. The summed E-state index contributed by atoms with van der Waals surface area (Å²) in [5, 5.41) is 0.865. The number of hydrogen-bond donors (Lipinski definition) is 0. The van der Waals surface area contributed by atoms with Gasteiger partial charge < -0.3 is 9.64 Å². The van der Waals surface area contributed by atoms with E-state index in [4.69, 9.17) is 9.72 Å². The molecule has 0 fully saturated rings. The van der Waals surface area contributed by atoms with Crippen LogP contribution in [0, 0.1) is 0 Å². The van der Waals surface area contributed by atoms with Crippen molar-refractivity contribution < 1.29 is 14.3 Å². The number of ether oxygens (including phenoxy) is 1. The van der Waals surface area contributed by atoms with Gasteiger partial charge in [0, 0.05) is 19.5 Å². The fourth-order valence-electron chi connectivity index (χ4n) is 3.35. The summed E-state index contributed by atoms with van der Waals surface area (Å²) < 4.78 is 6.59. The molecule has 152 valence electrons. The van der Waals surface area contributed by atoms with Crippen molar-refractivity contribution in [3.63, 3.8) is 0 Å². The highest BCUT2D eigenvalue weighted by Gasteiger charge is 2.38. The Labute approximate surface area is 175 Å². The molecule has 0 saturated heterocycles. The van der Waals surface area contributed by atoms with Gasteiger partial charge >= 0.3 is 5.97 Å². The number of thiazole rings is 1. The number of esters is 1. The van der Waals surface area contributed by atoms with Crippen molar-refractivity contribution in [2.24, 2.45) is 0 Å². The highest BCUT2D eigenvalue weighted by Crippen LogP contribution is 2.33. The van der Waals surface area contributed by atoms with E-state index in [1.165, 1.54) is 0 Å². The molecule has 1 atom stereocenters. The number of para-hydroxylation sites is 1. The first-order valence-corrected chi connectivity index (χ1v) is 10.6. The van der Waals surface area contributed by atoms with Gasteiger partial charge in [0.05, 0.1) is 20.6 Å². The summed E-state index contributed by atoms with van der Waals surface area (Å²) in [6, 6.07) is 17.5. The molecule has 0 aliphatic carbocycles. The molecule has 1 heterocycles. The molecule has 3 aromatic rings. The molecule has 1 aromatic heterocycles. The molecule has 1 amide bonds. The van der Waals surface area contributed by atoms with Crippen LogP contribution in [0.3, 0.4) is 0 Å². The summed E-state index contributed by atoms with van der Waals surface area (Å²) in [5.74, 6) is -0.595. The van der Waals surface area contributed by atoms with Crippen molar-refractivity contribution in [2.45, 2.75) is 32.6 Å². The van der Waals surface area contributed by atoms with Crippen LogP contribution in [0.25, 0.3) is 10.2 Å². The molecule has 29 heavy (non-hydrogen) atoms. The van der Waals surface area contributed by atoms with E-state index >= 15 is 0 Å². The fourth-order valence-corrected chi connectivity index (χ4v) is 4.47. The minimum atomic E-state index is -0.932. The zero-order chi connectivity index (χ0) is 20.9. The zero-order valence-corrected chi connectivity index (χ0v) is 17.9. The van der Waals surface area contributed by atoms with Gasteiger partial charge in [-0.2, -0.15) is 0 Å². The lowest BCUT2D eigenvalue weighted by molar-refractivity contribution is -0.156. The van der Waals surface area contributed by atoms with E-state index in [9.17, 15) is 9.59 Å². The van der Waals surface area contributed by atoms with Gasteiger partial charge in [-0.25, -0.2) is 4.98 Å². The van der Waals surface area contributed by atoms with Crippen LogP contribution >= 0.6 is 11.3 Å². The average Bonchev–Trinajstić information content (AvgIpc) is 3.15. The molecule has 0 N–H and O–H groups in total. The monoisotopic (exact) mass is 410 g/mol. The normalized spacial score (nSPS) is 13.1. The number of hydrogen-bond acceptors (Lipinski definition) is 5. The molecule has 0 radical (unpaired) electrons. The molecular weight excluding hydrogens is 384 g/mol. The van der Waals surface area contributed by atoms with Crippen LogP contribution < -0.4 is 0 Å². The zero-order valence-electron chi connectivity index (χ0n) is 17.1. The number of rotatable bonds is 8. The minimum Gasteiger partial charge on any atom is -0.455 e. The Morgan fingerprint density at radius 2 is 1.69 bits per heavy atom. The van der Waals surface area contributed by atoms with E-state index < -0.39 is 11.4 Å². The third kappa shape index (κ3) is 4.65. The molecule has 3 rings (SSSR count). The molecule has 0 bridgehead atoms. The maximum Gasteiger partial charge on any atom is 0.317 e. The van der Waals surface area contributed by atoms with E-state index in [0.717, 1.165) is 20.8 Å². The first-order valence-electron chi connectivity index (χ1n) is 9.83.